The van der Waals surface area contributed by atoms with Gasteiger partial charge in [-0.2, -0.15) is 5.10 Å². The van der Waals surface area contributed by atoms with Gasteiger partial charge in [0.15, 0.2) is 5.69 Å². The molecule has 2 rings (SSSR count). The fourth-order valence-electron chi connectivity index (χ4n) is 2.21. The first kappa shape index (κ1) is 16.2. The largest absolute Gasteiger partial charge is 0.394 e. The number of aliphatic hydroxyl groups excluding tert-OH is 1. The molecule has 22 heavy (non-hydrogen) atoms. The first-order valence-electron chi connectivity index (χ1n) is 7.35. The molecule has 1 amide bonds. The van der Waals surface area contributed by atoms with Gasteiger partial charge in [0.05, 0.1) is 12.0 Å². The van der Waals surface area contributed by atoms with Gasteiger partial charge in [0.2, 0.25) is 0 Å². The Bertz CT molecular complexity index is 737. The standard InChI is InChI=1S/C16H21N3O3/c1-10(2)8-19-16(22)13-7-5-4-6-12(13)14(18-19)15(21)17-11(3)9-20/h4-7,10-11,20H,8-9H2,1-3H3,(H,17,21). The lowest BCUT2D eigenvalue weighted by atomic mass is 10.1. The van der Waals surface area contributed by atoms with Gasteiger partial charge in [0, 0.05) is 18.0 Å². The van der Waals surface area contributed by atoms with E-state index >= 15 is 0 Å². The van der Waals surface area contributed by atoms with Crippen LogP contribution < -0.4 is 10.9 Å². The van der Waals surface area contributed by atoms with Crippen molar-refractivity contribution in [3.05, 3.63) is 40.3 Å². The van der Waals surface area contributed by atoms with Gasteiger partial charge in [-0.1, -0.05) is 32.0 Å². The van der Waals surface area contributed by atoms with Crippen molar-refractivity contribution in [3.8, 4) is 0 Å². The number of hydrogen-bond donors (Lipinski definition) is 2. The third-order valence-corrected chi connectivity index (χ3v) is 3.27. The number of amides is 1. The Morgan fingerprint density at radius 3 is 2.50 bits per heavy atom. The number of benzene rings is 1. The van der Waals surface area contributed by atoms with Crippen LogP contribution in [-0.2, 0) is 6.54 Å². The van der Waals surface area contributed by atoms with Gasteiger partial charge < -0.3 is 10.4 Å². The topological polar surface area (TPSA) is 84.2 Å². The first-order valence-corrected chi connectivity index (χ1v) is 7.35. The van der Waals surface area contributed by atoms with E-state index in [4.69, 9.17) is 5.11 Å². The Hall–Kier alpha value is -2.21. The van der Waals surface area contributed by atoms with E-state index in [1.807, 2.05) is 13.8 Å². The molecule has 6 heteroatoms. The molecule has 0 saturated heterocycles. The Morgan fingerprint density at radius 1 is 1.27 bits per heavy atom. The van der Waals surface area contributed by atoms with Crippen LogP contribution >= 0.6 is 0 Å². The second-order valence-corrected chi connectivity index (χ2v) is 5.83. The lowest BCUT2D eigenvalue weighted by Gasteiger charge is -2.14. The smallest absolute Gasteiger partial charge is 0.274 e. The predicted octanol–water partition coefficient (Wildman–Crippen LogP) is 1.16. The van der Waals surface area contributed by atoms with E-state index in [1.165, 1.54) is 4.68 Å². The molecule has 0 aliphatic heterocycles. The van der Waals surface area contributed by atoms with Crippen LogP contribution in [0.1, 0.15) is 31.3 Å². The van der Waals surface area contributed by atoms with Crippen molar-refractivity contribution in [3.63, 3.8) is 0 Å². The number of rotatable bonds is 5. The number of nitrogens with zero attached hydrogens (tertiary/aromatic N) is 2. The Labute approximate surface area is 128 Å². The number of nitrogens with one attached hydrogen (secondary N) is 1. The van der Waals surface area contributed by atoms with Crippen LogP contribution in [0, 0.1) is 5.92 Å². The summed E-state index contributed by atoms with van der Waals surface area (Å²) in [5.41, 5.74) is 0.00667. The number of aliphatic hydroxyl groups is 1. The average Bonchev–Trinajstić information content (AvgIpc) is 2.49. The molecule has 0 bridgehead atoms. The van der Waals surface area contributed by atoms with E-state index < -0.39 is 5.91 Å². The van der Waals surface area contributed by atoms with Crippen molar-refractivity contribution in [2.75, 3.05) is 6.61 Å². The van der Waals surface area contributed by atoms with Gasteiger partial charge in [-0.15, -0.1) is 0 Å². The molecule has 2 N–H and O–H groups in total. The molecule has 0 aliphatic carbocycles. The second kappa shape index (κ2) is 6.70. The fraction of sp³-hybridized carbons (Fsp3) is 0.438. The molecule has 1 aromatic carbocycles. The summed E-state index contributed by atoms with van der Waals surface area (Å²) in [7, 11) is 0. The molecule has 1 aromatic heterocycles. The summed E-state index contributed by atoms with van der Waals surface area (Å²) in [5.74, 6) is -0.158. The maximum absolute atomic E-state index is 12.4. The van der Waals surface area contributed by atoms with Gasteiger partial charge in [0.1, 0.15) is 0 Å². The predicted molar refractivity (Wildman–Crippen MR) is 84.9 cm³/mol. The Morgan fingerprint density at radius 2 is 1.91 bits per heavy atom. The average molecular weight is 303 g/mol. The summed E-state index contributed by atoms with van der Waals surface area (Å²) in [6.45, 7) is 5.95. The second-order valence-electron chi connectivity index (χ2n) is 5.83. The van der Waals surface area contributed by atoms with Crippen LogP contribution in [0.15, 0.2) is 29.1 Å². The monoisotopic (exact) mass is 303 g/mol. The maximum atomic E-state index is 12.4. The molecular weight excluding hydrogens is 282 g/mol. The van der Waals surface area contributed by atoms with E-state index in [1.54, 1.807) is 31.2 Å². The van der Waals surface area contributed by atoms with Crippen molar-refractivity contribution in [2.24, 2.45) is 5.92 Å². The highest BCUT2D eigenvalue weighted by Gasteiger charge is 2.18. The third kappa shape index (κ3) is 3.33. The highest BCUT2D eigenvalue weighted by molar-refractivity contribution is 6.04. The SMILES string of the molecule is CC(C)Cn1nc(C(=O)NC(C)CO)c2ccccc2c1=O. The van der Waals surface area contributed by atoms with Gasteiger partial charge in [-0.05, 0) is 18.9 Å². The van der Waals surface area contributed by atoms with Crippen LogP contribution in [0.3, 0.4) is 0 Å². The molecule has 0 radical (unpaired) electrons. The molecule has 1 unspecified atom stereocenters. The van der Waals surface area contributed by atoms with Crippen LogP contribution in [0.2, 0.25) is 0 Å². The van der Waals surface area contributed by atoms with E-state index in [9.17, 15) is 9.59 Å². The van der Waals surface area contributed by atoms with E-state index in [0.29, 0.717) is 17.3 Å². The van der Waals surface area contributed by atoms with Crippen molar-refractivity contribution in [1.82, 2.24) is 15.1 Å². The Kier molecular flexibility index (Phi) is 4.92. The summed E-state index contributed by atoms with van der Waals surface area (Å²) in [4.78, 5) is 24.8. The van der Waals surface area contributed by atoms with Crippen molar-refractivity contribution >= 4 is 16.7 Å². The van der Waals surface area contributed by atoms with Crippen LogP contribution in [0.4, 0.5) is 0 Å². The fourth-order valence-corrected chi connectivity index (χ4v) is 2.21. The van der Waals surface area contributed by atoms with Crippen LogP contribution in [0.25, 0.3) is 10.8 Å². The third-order valence-electron chi connectivity index (χ3n) is 3.27. The first-order chi connectivity index (χ1) is 10.4. The van der Waals surface area contributed by atoms with Gasteiger partial charge in [0.25, 0.3) is 11.5 Å². The van der Waals surface area contributed by atoms with Crippen LogP contribution in [-0.4, -0.2) is 33.4 Å². The summed E-state index contributed by atoms with van der Waals surface area (Å²) in [6, 6.07) is 6.56. The van der Waals surface area contributed by atoms with E-state index in [0.717, 1.165) is 0 Å². The molecule has 0 fully saturated rings. The molecular formula is C16H21N3O3. The number of hydrogen-bond acceptors (Lipinski definition) is 4. The quantitative estimate of drug-likeness (QED) is 0.868. The molecule has 118 valence electrons. The summed E-state index contributed by atoms with van der Waals surface area (Å²) >= 11 is 0. The molecule has 0 saturated carbocycles. The molecule has 1 heterocycles. The highest BCUT2D eigenvalue weighted by atomic mass is 16.3. The minimum Gasteiger partial charge on any atom is -0.394 e. The minimum absolute atomic E-state index is 0.157. The van der Waals surface area contributed by atoms with E-state index in [-0.39, 0.29) is 29.8 Å². The maximum Gasteiger partial charge on any atom is 0.274 e. The summed E-state index contributed by atoms with van der Waals surface area (Å²) in [6.07, 6.45) is 0. The van der Waals surface area contributed by atoms with Gasteiger partial charge in [-0.25, -0.2) is 4.68 Å². The van der Waals surface area contributed by atoms with Crippen molar-refractivity contribution in [1.29, 1.82) is 0 Å². The zero-order valence-electron chi connectivity index (χ0n) is 13.0. The normalized spacial score (nSPS) is 12.6. The molecule has 0 spiro atoms. The lowest BCUT2D eigenvalue weighted by Crippen LogP contribution is -2.37. The number of carbonyl (C=O) groups is 1. The lowest BCUT2D eigenvalue weighted by molar-refractivity contribution is 0.0916. The zero-order chi connectivity index (χ0) is 16.3. The number of aromatic nitrogens is 2. The summed E-state index contributed by atoms with van der Waals surface area (Å²) < 4.78 is 1.34. The Balaban J connectivity index is 2.59. The van der Waals surface area contributed by atoms with Gasteiger partial charge in [-0.3, -0.25) is 9.59 Å². The number of fused-ring (bicyclic) bond motifs is 1. The van der Waals surface area contributed by atoms with E-state index in [2.05, 4.69) is 10.4 Å². The van der Waals surface area contributed by atoms with Crippen molar-refractivity contribution < 1.29 is 9.90 Å². The van der Waals surface area contributed by atoms with Crippen molar-refractivity contribution in [2.45, 2.75) is 33.4 Å². The van der Waals surface area contributed by atoms with Gasteiger partial charge >= 0.3 is 0 Å². The zero-order valence-corrected chi connectivity index (χ0v) is 13.0. The highest BCUT2D eigenvalue weighted by Crippen LogP contribution is 2.14. The molecule has 1 atom stereocenters. The molecule has 0 aliphatic rings. The molecule has 6 nitrogen and oxygen atoms in total. The van der Waals surface area contributed by atoms with Crippen LogP contribution in [0.5, 0.6) is 0 Å². The molecule has 2 aromatic rings. The number of carbonyl (C=O) groups excluding carboxylic acids is 1. The minimum atomic E-state index is -0.393. The summed E-state index contributed by atoms with van der Waals surface area (Å²) in [5, 5.41) is 17.0.